The first kappa shape index (κ1) is 21.4. The molecule has 1 N–H and O–H groups in total. The van der Waals surface area contributed by atoms with E-state index in [1.165, 1.54) is 19.1 Å². The molecule has 7 nitrogen and oxygen atoms in total. The first-order chi connectivity index (χ1) is 13.3. The Balaban J connectivity index is 2.06. The standard InChI is InChI=1S/C20H21ClN2O5/c1-3-7-17(14-8-5-4-6-9-14)22-19(24)13(2)28-20(25)15-10-11-16(21)18(12-15)23(26)27/h4-6,8-13,17H,3,7H2,1-2H3,(H,22,24). The molecule has 2 aromatic rings. The quantitative estimate of drug-likeness (QED) is 0.398. The predicted octanol–water partition coefficient (Wildman–Crippen LogP) is 4.45. The zero-order valence-electron chi connectivity index (χ0n) is 15.6. The van der Waals surface area contributed by atoms with E-state index in [9.17, 15) is 19.7 Å². The number of esters is 1. The number of carbonyl (C=O) groups is 2. The molecule has 2 atom stereocenters. The fourth-order valence-corrected chi connectivity index (χ4v) is 2.83. The molecule has 148 valence electrons. The molecular formula is C20H21ClN2O5. The highest BCUT2D eigenvalue weighted by molar-refractivity contribution is 6.32. The number of carbonyl (C=O) groups excluding carboxylic acids is 2. The van der Waals surface area contributed by atoms with E-state index in [4.69, 9.17) is 16.3 Å². The number of nitro benzene ring substituents is 1. The van der Waals surface area contributed by atoms with Crippen LogP contribution in [-0.4, -0.2) is 22.9 Å². The van der Waals surface area contributed by atoms with Crippen molar-refractivity contribution < 1.29 is 19.2 Å². The highest BCUT2D eigenvalue weighted by Crippen LogP contribution is 2.25. The number of amides is 1. The van der Waals surface area contributed by atoms with Crippen LogP contribution in [0.5, 0.6) is 0 Å². The summed E-state index contributed by atoms with van der Waals surface area (Å²) in [6.45, 7) is 3.46. The van der Waals surface area contributed by atoms with Crippen molar-refractivity contribution >= 4 is 29.2 Å². The summed E-state index contributed by atoms with van der Waals surface area (Å²) >= 11 is 5.74. The second kappa shape index (κ2) is 9.85. The van der Waals surface area contributed by atoms with Crippen LogP contribution in [0.4, 0.5) is 5.69 Å². The van der Waals surface area contributed by atoms with Gasteiger partial charge in [-0.15, -0.1) is 0 Å². The molecule has 2 unspecified atom stereocenters. The van der Waals surface area contributed by atoms with Gasteiger partial charge in [-0.3, -0.25) is 14.9 Å². The van der Waals surface area contributed by atoms with Gasteiger partial charge in [0, 0.05) is 6.07 Å². The molecule has 2 rings (SSSR count). The summed E-state index contributed by atoms with van der Waals surface area (Å²) in [4.78, 5) is 35.0. The van der Waals surface area contributed by atoms with Crippen LogP contribution in [0, 0.1) is 10.1 Å². The van der Waals surface area contributed by atoms with Gasteiger partial charge in [-0.25, -0.2) is 4.79 Å². The van der Waals surface area contributed by atoms with Crippen LogP contribution in [0.1, 0.15) is 48.7 Å². The maximum Gasteiger partial charge on any atom is 0.339 e. The summed E-state index contributed by atoms with van der Waals surface area (Å²) in [6, 6.07) is 12.9. The molecule has 0 aliphatic heterocycles. The van der Waals surface area contributed by atoms with E-state index in [0.717, 1.165) is 24.5 Å². The Labute approximate surface area is 167 Å². The van der Waals surface area contributed by atoms with Crippen LogP contribution in [0.3, 0.4) is 0 Å². The number of halogens is 1. The summed E-state index contributed by atoms with van der Waals surface area (Å²) in [5, 5.41) is 13.7. The highest BCUT2D eigenvalue weighted by atomic mass is 35.5. The number of rotatable bonds is 8. The first-order valence-corrected chi connectivity index (χ1v) is 9.21. The second-order valence-electron chi connectivity index (χ2n) is 6.23. The third kappa shape index (κ3) is 5.53. The number of nitrogens with zero attached hydrogens (tertiary/aromatic N) is 1. The Kier molecular flexibility index (Phi) is 7.52. The van der Waals surface area contributed by atoms with E-state index in [2.05, 4.69) is 5.32 Å². The molecule has 0 saturated carbocycles. The topological polar surface area (TPSA) is 98.5 Å². The van der Waals surface area contributed by atoms with Gasteiger partial charge in [0.25, 0.3) is 11.6 Å². The molecule has 28 heavy (non-hydrogen) atoms. The van der Waals surface area contributed by atoms with Crippen molar-refractivity contribution in [2.24, 2.45) is 0 Å². The summed E-state index contributed by atoms with van der Waals surface area (Å²) < 4.78 is 5.17. The minimum atomic E-state index is -1.06. The van der Waals surface area contributed by atoms with E-state index >= 15 is 0 Å². The van der Waals surface area contributed by atoms with Crippen LogP contribution in [0.15, 0.2) is 48.5 Å². The lowest BCUT2D eigenvalue weighted by atomic mass is 10.0. The van der Waals surface area contributed by atoms with E-state index in [1.807, 2.05) is 37.3 Å². The second-order valence-corrected chi connectivity index (χ2v) is 6.64. The molecule has 0 aromatic heterocycles. The zero-order valence-corrected chi connectivity index (χ0v) is 16.3. The number of hydrogen-bond donors (Lipinski definition) is 1. The minimum absolute atomic E-state index is 0.0519. The lowest BCUT2D eigenvalue weighted by Crippen LogP contribution is -2.38. The van der Waals surface area contributed by atoms with Crippen LogP contribution in [-0.2, 0) is 9.53 Å². The van der Waals surface area contributed by atoms with Crippen molar-refractivity contribution in [2.75, 3.05) is 0 Å². The van der Waals surface area contributed by atoms with Crippen molar-refractivity contribution in [1.29, 1.82) is 0 Å². The van der Waals surface area contributed by atoms with E-state index in [-0.39, 0.29) is 16.6 Å². The molecule has 0 saturated heterocycles. The number of ether oxygens (including phenoxy) is 1. The average molecular weight is 405 g/mol. The van der Waals surface area contributed by atoms with Crippen molar-refractivity contribution in [1.82, 2.24) is 5.32 Å². The number of nitro groups is 1. The fourth-order valence-electron chi connectivity index (χ4n) is 2.65. The molecule has 0 heterocycles. The molecule has 1 amide bonds. The molecular weight excluding hydrogens is 384 g/mol. The van der Waals surface area contributed by atoms with Gasteiger partial charge in [0.05, 0.1) is 16.5 Å². The van der Waals surface area contributed by atoms with E-state index in [0.29, 0.717) is 0 Å². The smallest absolute Gasteiger partial charge is 0.339 e. The molecule has 0 fully saturated rings. The van der Waals surface area contributed by atoms with E-state index in [1.54, 1.807) is 0 Å². The molecule has 0 bridgehead atoms. The predicted molar refractivity (Wildman–Crippen MR) is 105 cm³/mol. The van der Waals surface area contributed by atoms with Gasteiger partial charge in [0.15, 0.2) is 6.10 Å². The highest BCUT2D eigenvalue weighted by Gasteiger charge is 2.24. The lowest BCUT2D eigenvalue weighted by molar-refractivity contribution is -0.384. The number of benzene rings is 2. The maximum atomic E-state index is 12.5. The Bertz CT molecular complexity index is 857. The van der Waals surface area contributed by atoms with Gasteiger partial charge >= 0.3 is 5.97 Å². The molecule has 0 spiro atoms. The molecule has 0 aliphatic carbocycles. The van der Waals surface area contributed by atoms with Crippen molar-refractivity contribution in [3.05, 3.63) is 74.8 Å². The Hall–Kier alpha value is -2.93. The van der Waals surface area contributed by atoms with Crippen molar-refractivity contribution in [3.8, 4) is 0 Å². The monoisotopic (exact) mass is 404 g/mol. The minimum Gasteiger partial charge on any atom is -0.449 e. The van der Waals surface area contributed by atoms with Crippen molar-refractivity contribution in [2.45, 2.75) is 38.8 Å². The van der Waals surface area contributed by atoms with E-state index < -0.39 is 28.6 Å². The Morgan fingerprint density at radius 1 is 1.21 bits per heavy atom. The van der Waals surface area contributed by atoms with Crippen LogP contribution in [0.25, 0.3) is 0 Å². The number of nitrogens with one attached hydrogen (secondary N) is 1. The van der Waals surface area contributed by atoms with Gasteiger partial charge in [0.2, 0.25) is 0 Å². The molecule has 0 aliphatic rings. The largest absolute Gasteiger partial charge is 0.449 e. The SMILES string of the molecule is CCCC(NC(=O)C(C)OC(=O)c1ccc(Cl)c([N+](=O)[O-])c1)c1ccccc1. The Morgan fingerprint density at radius 2 is 1.89 bits per heavy atom. The number of hydrogen-bond acceptors (Lipinski definition) is 5. The fraction of sp³-hybridized carbons (Fsp3) is 0.300. The van der Waals surface area contributed by atoms with Gasteiger partial charge < -0.3 is 10.1 Å². The Morgan fingerprint density at radius 3 is 2.50 bits per heavy atom. The van der Waals surface area contributed by atoms with Crippen LogP contribution in [0.2, 0.25) is 5.02 Å². The lowest BCUT2D eigenvalue weighted by Gasteiger charge is -2.21. The van der Waals surface area contributed by atoms with Gasteiger partial charge in [-0.1, -0.05) is 55.3 Å². The summed E-state index contributed by atoms with van der Waals surface area (Å²) in [6.07, 6.45) is 0.535. The third-order valence-electron chi connectivity index (χ3n) is 4.13. The van der Waals surface area contributed by atoms with Gasteiger partial charge in [0.1, 0.15) is 5.02 Å². The van der Waals surface area contributed by atoms with Crippen LogP contribution < -0.4 is 5.32 Å². The van der Waals surface area contributed by atoms with Crippen molar-refractivity contribution in [3.63, 3.8) is 0 Å². The summed E-state index contributed by atoms with van der Waals surface area (Å²) in [5.41, 5.74) is 0.508. The molecule has 0 radical (unpaired) electrons. The van der Waals surface area contributed by atoms with Gasteiger partial charge in [-0.2, -0.15) is 0 Å². The summed E-state index contributed by atoms with van der Waals surface area (Å²) in [5.74, 6) is -1.28. The molecule has 2 aromatic carbocycles. The average Bonchev–Trinajstić information content (AvgIpc) is 2.68. The summed E-state index contributed by atoms with van der Waals surface area (Å²) in [7, 11) is 0. The maximum absolute atomic E-state index is 12.5. The van der Waals surface area contributed by atoms with Gasteiger partial charge in [-0.05, 0) is 31.0 Å². The third-order valence-corrected chi connectivity index (χ3v) is 4.45. The normalized spacial score (nSPS) is 12.7. The zero-order chi connectivity index (χ0) is 20.7. The molecule has 8 heteroatoms. The van der Waals surface area contributed by atoms with Crippen LogP contribution >= 0.6 is 11.6 Å². The first-order valence-electron chi connectivity index (χ1n) is 8.83.